The minimum absolute atomic E-state index is 0.404. The van der Waals surface area contributed by atoms with Gasteiger partial charge >= 0.3 is 0 Å². The third-order valence-electron chi connectivity index (χ3n) is 2.32. The monoisotopic (exact) mass is 264 g/mol. The van der Waals surface area contributed by atoms with E-state index in [4.69, 9.17) is 0 Å². The number of nitrogens with zero attached hydrogens (tertiary/aromatic N) is 2. The molecule has 0 amide bonds. The van der Waals surface area contributed by atoms with Gasteiger partial charge in [0, 0.05) is 22.3 Å². The first kappa shape index (κ1) is 10.4. The lowest BCUT2D eigenvalue weighted by Gasteiger charge is -2.03. The van der Waals surface area contributed by atoms with Crippen molar-refractivity contribution < 1.29 is 0 Å². The van der Waals surface area contributed by atoms with Crippen LogP contribution in [0.15, 0.2) is 41.1 Å². The fourth-order valence-corrected chi connectivity index (χ4v) is 1.97. The molecule has 1 aromatic carbocycles. The van der Waals surface area contributed by atoms with Crippen molar-refractivity contribution in [1.29, 1.82) is 0 Å². The van der Waals surface area contributed by atoms with E-state index in [1.165, 1.54) is 5.56 Å². The molecule has 0 N–H and O–H groups in total. The zero-order valence-electron chi connectivity index (χ0n) is 8.81. The molecule has 0 aliphatic carbocycles. The summed E-state index contributed by atoms with van der Waals surface area (Å²) >= 11 is 3.54. The molecular formula is C12H13BrN2. The van der Waals surface area contributed by atoms with E-state index in [1.807, 2.05) is 29.1 Å². The van der Waals surface area contributed by atoms with Crippen LogP contribution in [0.3, 0.4) is 0 Å². The summed E-state index contributed by atoms with van der Waals surface area (Å²) < 4.78 is 3.07. The fourth-order valence-electron chi connectivity index (χ4n) is 1.45. The summed E-state index contributed by atoms with van der Waals surface area (Å²) in [4.78, 5) is 0. The Kier molecular flexibility index (Phi) is 2.91. The van der Waals surface area contributed by atoms with Gasteiger partial charge in [0.2, 0.25) is 0 Å². The molecule has 0 unspecified atom stereocenters. The summed E-state index contributed by atoms with van der Waals surface area (Å²) in [6.45, 7) is 4.24. The van der Waals surface area contributed by atoms with Crippen molar-refractivity contribution in [2.45, 2.75) is 19.9 Å². The van der Waals surface area contributed by atoms with Crippen molar-refractivity contribution in [3.8, 4) is 11.1 Å². The van der Waals surface area contributed by atoms with Gasteiger partial charge in [0.15, 0.2) is 0 Å². The highest BCUT2D eigenvalue weighted by molar-refractivity contribution is 9.10. The fraction of sp³-hybridized carbons (Fsp3) is 0.250. The minimum Gasteiger partial charge on any atom is -0.270 e. The first-order valence-corrected chi connectivity index (χ1v) is 5.77. The maximum absolute atomic E-state index is 4.33. The zero-order valence-corrected chi connectivity index (χ0v) is 10.4. The van der Waals surface area contributed by atoms with Crippen LogP contribution in [0.2, 0.25) is 0 Å². The lowest BCUT2D eigenvalue weighted by atomic mass is 10.1. The number of halogens is 1. The largest absolute Gasteiger partial charge is 0.270 e. The summed E-state index contributed by atoms with van der Waals surface area (Å²) in [5, 5.41) is 4.33. The van der Waals surface area contributed by atoms with Crippen LogP contribution < -0.4 is 0 Å². The van der Waals surface area contributed by atoms with Crippen LogP contribution >= 0.6 is 15.9 Å². The number of hydrogen-bond acceptors (Lipinski definition) is 1. The second-order valence-electron chi connectivity index (χ2n) is 3.78. The van der Waals surface area contributed by atoms with E-state index in [-0.39, 0.29) is 0 Å². The Balaban J connectivity index is 2.42. The van der Waals surface area contributed by atoms with Gasteiger partial charge in [0.25, 0.3) is 0 Å². The molecule has 3 heteroatoms. The van der Waals surface area contributed by atoms with Crippen LogP contribution in [0, 0.1) is 0 Å². The highest BCUT2D eigenvalue weighted by Crippen LogP contribution is 2.27. The molecule has 0 spiro atoms. The minimum atomic E-state index is 0.404. The second kappa shape index (κ2) is 4.19. The van der Waals surface area contributed by atoms with Crippen molar-refractivity contribution in [2.75, 3.05) is 0 Å². The lowest BCUT2D eigenvalue weighted by molar-refractivity contribution is 0.532. The van der Waals surface area contributed by atoms with Gasteiger partial charge in [-0.3, -0.25) is 4.68 Å². The summed E-state index contributed by atoms with van der Waals surface area (Å²) in [5.41, 5.74) is 2.33. The van der Waals surface area contributed by atoms with E-state index in [9.17, 15) is 0 Å². The van der Waals surface area contributed by atoms with Crippen molar-refractivity contribution in [1.82, 2.24) is 9.78 Å². The van der Waals surface area contributed by atoms with Crippen molar-refractivity contribution in [3.05, 3.63) is 41.1 Å². The maximum atomic E-state index is 4.33. The standard InChI is InChI=1S/C12H13BrN2/c1-9(2)15-8-10(7-14-15)11-5-3-4-6-12(11)13/h3-9H,1-2H3. The molecule has 2 rings (SSSR count). The molecule has 0 bridgehead atoms. The van der Waals surface area contributed by atoms with Gasteiger partial charge in [0.1, 0.15) is 0 Å². The first-order chi connectivity index (χ1) is 7.18. The SMILES string of the molecule is CC(C)n1cc(-c2ccccc2Br)cn1. The lowest BCUT2D eigenvalue weighted by Crippen LogP contribution is -1.99. The van der Waals surface area contributed by atoms with Gasteiger partial charge < -0.3 is 0 Å². The Labute approximate surface area is 98.1 Å². The van der Waals surface area contributed by atoms with Gasteiger partial charge in [-0.25, -0.2) is 0 Å². The molecule has 15 heavy (non-hydrogen) atoms. The van der Waals surface area contributed by atoms with Crippen LogP contribution in [0.4, 0.5) is 0 Å². The van der Waals surface area contributed by atoms with Crippen molar-refractivity contribution in [3.63, 3.8) is 0 Å². The van der Waals surface area contributed by atoms with Gasteiger partial charge in [-0.05, 0) is 25.5 Å². The van der Waals surface area contributed by atoms with E-state index >= 15 is 0 Å². The van der Waals surface area contributed by atoms with Crippen LogP contribution in [-0.4, -0.2) is 9.78 Å². The summed E-state index contributed by atoms with van der Waals surface area (Å²) in [6, 6.07) is 8.59. The van der Waals surface area contributed by atoms with Crippen LogP contribution in [-0.2, 0) is 0 Å². The maximum Gasteiger partial charge on any atom is 0.0568 e. The molecule has 0 radical (unpaired) electrons. The average molecular weight is 265 g/mol. The van der Waals surface area contributed by atoms with Crippen LogP contribution in [0.1, 0.15) is 19.9 Å². The van der Waals surface area contributed by atoms with Crippen LogP contribution in [0.25, 0.3) is 11.1 Å². The number of rotatable bonds is 2. The quantitative estimate of drug-likeness (QED) is 0.805. The molecule has 0 saturated heterocycles. The highest BCUT2D eigenvalue weighted by Gasteiger charge is 2.06. The van der Waals surface area contributed by atoms with E-state index in [2.05, 4.69) is 47.1 Å². The molecule has 1 aromatic heterocycles. The van der Waals surface area contributed by atoms with Gasteiger partial charge in [-0.2, -0.15) is 5.10 Å². The second-order valence-corrected chi connectivity index (χ2v) is 4.64. The van der Waals surface area contributed by atoms with E-state index in [0.29, 0.717) is 6.04 Å². The molecule has 78 valence electrons. The average Bonchev–Trinajstić information content (AvgIpc) is 2.67. The van der Waals surface area contributed by atoms with Gasteiger partial charge in [-0.1, -0.05) is 34.1 Å². The Hall–Kier alpha value is -1.09. The molecule has 0 aliphatic heterocycles. The molecule has 0 aliphatic rings. The van der Waals surface area contributed by atoms with Crippen molar-refractivity contribution in [2.24, 2.45) is 0 Å². The molecule has 0 saturated carbocycles. The molecule has 1 heterocycles. The highest BCUT2D eigenvalue weighted by atomic mass is 79.9. The van der Waals surface area contributed by atoms with Gasteiger partial charge in [-0.15, -0.1) is 0 Å². The molecule has 0 atom stereocenters. The number of aromatic nitrogens is 2. The number of benzene rings is 1. The Morgan fingerprint density at radius 3 is 2.60 bits per heavy atom. The van der Waals surface area contributed by atoms with Gasteiger partial charge in [0.05, 0.1) is 6.20 Å². The predicted molar refractivity (Wildman–Crippen MR) is 65.7 cm³/mol. The predicted octanol–water partition coefficient (Wildman–Crippen LogP) is 3.89. The molecule has 2 aromatic rings. The Morgan fingerprint density at radius 2 is 2.00 bits per heavy atom. The smallest absolute Gasteiger partial charge is 0.0568 e. The van der Waals surface area contributed by atoms with E-state index in [1.54, 1.807) is 0 Å². The summed E-state index contributed by atoms with van der Waals surface area (Å²) in [6.07, 6.45) is 3.98. The topological polar surface area (TPSA) is 17.8 Å². The molecule has 0 fully saturated rings. The number of hydrogen-bond donors (Lipinski definition) is 0. The molecule has 2 nitrogen and oxygen atoms in total. The van der Waals surface area contributed by atoms with E-state index in [0.717, 1.165) is 10.0 Å². The summed E-state index contributed by atoms with van der Waals surface area (Å²) in [5.74, 6) is 0. The summed E-state index contributed by atoms with van der Waals surface area (Å²) in [7, 11) is 0. The van der Waals surface area contributed by atoms with Crippen molar-refractivity contribution >= 4 is 15.9 Å². The normalized spacial score (nSPS) is 10.9. The third kappa shape index (κ3) is 2.12. The zero-order chi connectivity index (χ0) is 10.8. The Bertz CT molecular complexity index is 460. The third-order valence-corrected chi connectivity index (χ3v) is 3.01. The Morgan fingerprint density at radius 1 is 1.27 bits per heavy atom. The van der Waals surface area contributed by atoms with Crippen LogP contribution in [0.5, 0.6) is 0 Å². The molecular weight excluding hydrogens is 252 g/mol. The van der Waals surface area contributed by atoms with E-state index < -0.39 is 0 Å². The first-order valence-electron chi connectivity index (χ1n) is 4.97.